The Morgan fingerprint density at radius 1 is 1.28 bits per heavy atom. The lowest BCUT2D eigenvalue weighted by Crippen LogP contribution is -2.19. The van der Waals surface area contributed by atoms with E-state index >= 15 is 0 Å². The Balaban J connectivity index is 2.06. The Bertz CT molecular complexity index is 731. The van der Waals surface area contributed by atoms with Crippen LogP contribution in [0.4, 0.5) is 5.69 Å². The van der Waals surface area contributed by atoms with Crippen LogP contribution >= 0.6 is 11.6 Å². The van der Waals surface area contributed by atoms with E-state index < -0.39 is 0 Å². The average Bonchev–Trinajstić information content (AvgIpc) is 2.61. The predicted molar refractivity (Wildman–Crippen MR) is 102 cm³/mol. The second-order valence-electron chi connectivity index (χ2n) is 5.81. The zero-order valence-electron chi connectivity index (χ0n) is 14.5. The van der Waals surface area contributed by atoms with Gasteiger partial charge in [-0.15, -0.1) is 0 Å². The summed E-state index contributed by atoms with van der Waals surface area (Å²) in [5.74, 6) is 0.599. The van der Waals surface area contributed by atoms with Crippen molar-refractivity contribution >= 4 is 17.3 Å². The third-order valence-electron chi connectivity index (χ3n) is 3.83. The minimum Gasteiger partial charge on any atom is -0.493 e. The summed E-state index contributed by atoms with van der Waals surface area (Å²) in [7, 11) is 0. The zero-order valence-corrected chi connectivity index (χ0v) is 15.3. The fourth-order valence-electron chi connectivity index (χ4n) is 2.46. The fourth-order valence-corrected chi connectivity index (χ4v) is 2.72. The first-order valence-corrected chi connectivity index (χ1v) is 8.99. The number of halogens is 1. The van der Waals surface area contributed by atoms with Crippen molar-refractivity contribution in [2.45, 2.75) is 32.7 Å². The molecule has 0 aliphatic heterocycles. The van der Waals surface area contributed by atoms with E-state index in [1.54, 1.807) is 16.8 Å². The van der Waals surface area contributed by atoms with E-state index in [0.717, 1.165) is 30.5 Å². The van der Waals surface area contributed by atoms with Gasteiger partial charge in [0.2, 0.25) is 0 Å². The molecule has 0 aliphatic rings. The van der Waals surface area contributed by atoms with Crippen LogP contribution in [0.1, 0.15) is 31.7 Å². The Kier molecular flexibility index (Phi) is 7.82. The van der Waals surface area contributed by atoms with E-state index in [1.807, 2.05) is 18.2 Å². The molecule has 0 bridgehead atoms. The molecule has 136 valence electrons. The Labute approximate surface area is 153 Å². The quantitative estimate of drug-likeness (QED) is 0.633. The number of nitrogens with zero attached hydrogens (tertiary/aromatic N) is 1. The van der Waals surface area contributed by atoms with Crippen molar-refractivity contribution in [1.82, 2.24) is 4.57 Å². The summed E-state index contributed by atoms with van der Waals surface area (Å²) in [6.45, 7) is 3.59. The molecule has 0 spiro atoms. The molecule has 0 saturated carbocycles. The lowest BCUT2D eigenvalue weighted by Gasteiger charge is -2.13. The highest BCUT2D eigenvalue weighted by Gasteiger charge is 2.08. The van der Waals surface area contributed by atoms with E-state index in [1.165, 1.54) is 6.07 Å². The molecular weight excluding hydrogens is 340 g/mol. The molecule has 2 rings (SSSR count). The van der Waals surface area contributed by atoms with Crippen LogP contribution in [-0.4, -0.2) is 29.4 Å². The maximum Gasteiger partial charge on any atom is 0.254 e. The first-order chi connectivity index (χ1) is 12.2. The monoisotopic (exact) mass is 364 g/mol. The van der Waals surface area contributed by atoms with Crippen LogP contribution < -0.4 is 15.6 Å². The normalized spacial score (nSPS) is 10.7. The summed E-state index contributed by atoms with van der Waals surface area (Å²) in [4.78, 5) is 12.3. The molecule has 0 radical (unpaired) electrons. The van der Waals surface area contributed by atoms with E-state index in [4.69, 9.17) is 21.4 Å². The van der Waals surface area contributed by atoms with Crippen molar-refractivity contribution in [2.75, 3.05) is 25.1 Å². The Morgan fingerprint density at radius 3 is 2.84 bits per heavy atom. The first-order valence-electron chi connectivity index (χ1n) is 8.61. The minimum atomic E-state index is -0.127. The van der Waals surface area contributed by atoms with Crippen molar-refractivity contribution in [2.24, 2.45) is 0 Å². The van der Waals surface area contributed by atoms with Gasteiger partial charge in [-0.1, -0.05) is 43.5 Å². The summed E-state index contributed by atoms with van der Waals surface area (Å²) in [5.41, 5.74) is 1.46. The smallest absolute Gasteiger partial charge is 0.254 e. The number of benzene rings is 1. The number of aliphatic hydroxyl groups excluding tert-OH is 1. The van der Waals surface area contributed by atoms with Crippen molar-refractivity contribution < 1.29 is 9.84 Å². The van der Waals surface area contributed by atoms with Gasteiger partial charge < -0.3 is 19.7 Å². The number of ether oxygens (including phenoxy) is 1. The number of aromatic nitrogens is 1. The van der Waals surface area contributed by atoms with Gasteiger partial charge in [0.1, 0.15) is 5.75 Å². The van der Waals surface area contributed by atoms with Crippen molar-refractivity contribution in [3.63, 3.8) is 0 Å². The van der Waals surface area contributed by atoms with Crippen molar-refractivity contribution in [3.8, 4) is 5.75 Å². The van der Waals surface area contributed by atoms with Gasteiger partial charge in [-0.05, 0) is 24.1 Å². The Hall–Kier alpha value is -1.98. The van der Waals surface area contributed by atoms with Gasteiger partial charge in [0, 0.05) is 18.8 Å². The minimum absolute atomic E-state index is 0.0275. The van der Waals surface area contributed by atoms with Crippen LogP contribution in [0.25, 0.3) is 0 Å². The molecule has 5 nitrogen and oxygen atoms in total. The van der Waals surface area contributed by atoms with Crippen LogP contribution in [0.15, 0.2) is 41.3 Å². The number of unbranched alkanes of at least 4 members (excludes halogenated alkanes) is 2. The highest BCUT2D eigenvalue weighted by Crippen LogP contribution is 2.26. The number of nitrogens with one attached hydrogen (secondary N) is 1. The molecule has 6 heteroatoms. The molecule has 0 amide bonds. The Morgan fingerprint density at radius 2 is 2.12 bits per heavy atom. The number of anilines is 1. The van der Waals surface area contributed by atoms with Crippen LogP contribution in [0, 0.1) is 0 Å². The summed E-state index contributed by atoms with van der Waals surface area (Å²) < 4.78 is 7.20. The molecule has 0 saturated heterocycles. The number of hydrogen-bond donors (Lipinski definition) is 2. The highest BCUT2D eigenvalue weighted by molar-refractivity contribution is 6.34. The van der Waals surface area contributed by atoms with Gasteiger partial charge in [0.05, 0.1) is 30.5 Å². The number of pyridine rings is 1. The lowest BCUT2D eigenvalue weighted by atomic mass is 10.2. The molecule has 2 N–H and O–H groups in total. The number of hydrogen-bond acceptors (Lipinski definition) is 4. The largest absolute Gasteiger partial charge is 0.493 e. The summed E-state index contributed by atoms with van der Waals surface area (Å²) >= 11 is 6.39. The van der Waals surface area contributed by atoms with Gasteiger partial charge in [-0.3, -0.25) is 4.79 Å². The number of rotatable bonds is 10. The van der Waals surface area contributed by atoms with Crippen LogP contribution in [0.5, 0.6) is 5.75 Å². The van der Waals surface area contributed by atoms with Gasteiger partial charge in [-0.25, -0.2) is 0 Å². The first kappa shape index (κ1) is 19.3. The molecule has 1 heterocycles. The van der Waals surface area contributed by atoms with Crippen LogP contribution in [-0.2, 0) is 6.54 Å². The third-order valence-corrected chi connectivity index (χ3v) is 4.28. The van der Waals surface area contributed by atoms with Gasteiger partial charge >= 0.3 is 0 Å². The van der Waals surface area contributed by atoms with Crippen molar-refractivity contribution in [1.29, 1.82) is 0 Å². The third kappa shape index (κ3) is 5.80. The van der Waals surface area contributed by atoms with E-state index in [0.29, 0.717) is 30.5 Å². The van der Waals surface area contributed by atoms with E-state index in [-0.39, 0.29) is 12.2 Å². The highest BCUT2D eigenvalue weighted by atomic mass is 35.5. The molecule has 0 unspecified atom stereocenters. The summed E-state index contributed by atoms with van der Waals surface area (Å²) in [6.07, 6.45) is 4.97. The predicted octanol–water partition coefficient (Wildman–Crippen LogP) is 3.52. The second-order valence-corrected chi connectivity index (χ2v) is 6.19. The maximum atomic E-state index is 12.3. The molecular formula is C19H25ClN2O3. The van der Waals surface area contributed by atoms with E-state index in [9.17, 15) is 4.79 Å². The summed E-state index contributed by atoms with van der Waals surface area (Å²) in [6, 6.07) is 8.91. The van der Waals surface area contributed by atoms with Gasteiger partial charge in [0.15, 0.2) is 0 Å². The summed E-state index contributed by atoms with van der Waals surface area (Å²) in [5, 5.41) is 12.5. The van der Waals surface area contributed by atoms with E-state index in [2.05, 4.69) is 12.2 Å². The molecule has 1 aromatic carbocycles. The standard InChI is InChI=1S/C19H25ClN2O3/c1-2-3-4-12-25-16-8-10-22(18(24)13-16)14-15-6-5-7-17(19(15)20)21-9-11-23/h5-8,10,13,21,23H,2-4,9,11-12,14H2,1H3. The molecule has 0 aliphatic carbocycles. The average molecular weight is 365 g/mol. The van der Waals surface area contributed by atoms with Gasteiger partial charge in [-0.2, -0.15) is 0 Å². The molecule has 25 heavy (non-hydrogen) atoms. The van der Waals surface area contributed by atoms with Crippen molar-refractivity contribution in [3.05, 3.63) is 57.5 Å². The SMILES string of the molecule is CCCCCOc1ccn(Cc2cccc(NCCO)c2Cl)c(=O)c1. The van der Waals surface area contributed by atoms with Crippen LogP contribution in [0.2, 0.25) is 5.02 Å². The fraction of sp³-hybridized carbons (Fsp3) is 0.421. The molecule has 0 atom stereocenters. The molecule has 2 aromatic rings. The molecule has 0 fully saturated rings. The maximum absolute atomic E-state index is 12.3. The lowest BCUT2D eigenvalue weighted by molar-refractivity contribution is 0.305. The van der Waals surface area contributed by atoms with Gasteiger partial charge in [0.25, 0.3) is 5.56 Å². The van der Waals surface area contributed by atoms with Crippen LogP contribution in [0.3, 0.4) is 0 Å². The molecule has 1 aromatic heterocycles. The zero-order chi connectivity index (χ0) is 18.1. The topological polar surface area (TPSA) is 63.5 Å². The number of aliphatic hydroxyl groups is 1. The second kappa shape index (κ2) is 10.1.